The predicted octanol–water partition coefficient (Wildman–Crippen LogP) is 3.99. The first-order chi connectivity index (χ1) is 16.5. The highest BCUT2D eigenvalue weighted by atomic mass is 35.5. The predicted molar refractivity (Wildman–Crippen MR) is 138 cm³/mol. The number of anilines is 2. The van der Waals surface area contributed by atoms with Gasteiger partial charge >= 0.3 is 0 Å². The van der Waals surface area contributed by atoms with Gasteiger partial charge in [0.15, 0.2) is 0 Å². The monoisotopic (exact) mass is 515 g/mol. The van der Waals surface area contributed by atoms with E-state index < -0.39 is 0 Å². The van der Waals surface area contributed by atoms with Crippen molar-refractivity contribution in [3.63, 3.8) is 0 Å². The second-order valence-corrected chi connectivity index (χ2v) is 10.7. The van der Waals surface area contributed by atoms with Gasteiger partial charge in [0.05, 0.1) is 52.5 Å². The van der Waals surface area contributed by atoms with Crippen LogP contribution >= 0.6 is 23.7 Å². The van der Waals surface area contributed by atoms with Gasteiger partial charge in [0.2, 0.25) is 5.95 Å². The number of morpholine rings is 1. The molecule has 0 spiro atoms. The number of amides is 1. The summed E-state index contributed by atoms with van der Waals surface area (Å²) in [6.07, 6.45) is 5.92. The Balaban J connectivity index is 0.00000253. The number of aromatic amines is 1. The lowest BCUT2D eigenvalue weighted by Gasteiger charge is -2.35. The van der Waals surface area contributed by atoms with Crippen LogP contribution in [0.15, 0.2) is 24.5 Å². The Morgan fingerprint density at radius 3 is 2.80 bits per heavy atom. The summed E-state index contributed by atoms with van der Waals surface area (Å²) in [4.78, 5) is 29.0. The molecule has 3 aliphatic rings. The van der Waals surface area contributed by atoms with E-state index >= 15 is 0 Å². The van der Waals surface area contributed by atoms with E-state index in [2.05, 4.69) is 39.2 Å². The largest absolute Gasteiger partial charge is 0.379 e. The van der Waals surface area contributed by atoms with E-state index in [0.717, 1.165) is 71.8 Å². The van der Waals surface area contributed by atoms with Gasteiger partial charge in [-0.3, -0.25) is 14.8 Å². The quantitative estimate of drug-likeness (QED) is 0.490. The van der Waals surface area contributed by atoms with E-state index in [9.17, 15) is 4.79 Å². The van der Waals surface area contributed by atoms with E-state index in [1.165, 1.54) is 12.8 Å². The lowest BCUT2D eigenvalue weighted by Crippen LogP contribution is -2.46. The van der Waals surface area contributed by atoms with Crippen LogP contribution in [0.2, 0.25) is 0 Å². The Morgan fingerprint density at radius 1 is 1.26 bits per heavy atom. The van der Waals surface area contributed by atoms with Gasteiger partial charge in [0.1, 0.15) is 0 Å². The Bertz CT molecular complexity index is 1220. The maximum atomic E-state index is 13.3. The zero-order valence-corrected chi connectivity index (χ0v) is 21.5. The minimum absolute atomic E-state index is 0. The van der Waals surface area contributed by atoms with Gasteiger partial charge in [0, 0.05) is 43.2 Å². The van der Waals surface area contributed by atoms with Crippen molar-refractivity contribution in [2.75, 3.05) is 44.7 Å². The normalized spacial score (nSPS) is 19.5. The third kappa shape index (κ3) is 4.55. The van der Waals surface area contributed by atoms with Crippen LogP contribution in [0.3, 0.4) is 0 Å². The number of thiophene rings is 1. The highest BCUT2D eigenvalue weighted by Gasteiger charge is 2.45. The van der Waals surface area contributed by atoms with E-state index in [1.807, 2.05) is 17.0 Å². The molecule has 0 aromatic carbocycles. The van der Waals surface area contributed by atoms with Crippen molar-refractivity contribution in [2.45, 2.75) is 38.1 Å². The van der Waals surface area contributed by atoms with Crippen LogP contribution in [0.4, 0.5) is 11.6 Å². The van der Waals surface area contributed by atoms with Crippen molar-refractivity contribution < 1.29 is 9.53 Å². The number of H-pyrrole nitrogens is 1. The topological polar surface area (TPSA) is 99.3 Å². The van der Waals surface area contributed by atoms with E-state index in [-0.39, 0.29) is 23.9 Å². The van der Waals surface area contributed by atoms with E-state index in [0.29, 0.717) is 11.9 Å². The molecule has 2 N–H and O–H groups in total. The van der Waals surface area contributed by atoms with Crippen molar-refractivity contribution in [3.8, 4) is 10.6 Å². The number of hydrogen-bond donors (Lipinski definition) is 2. The summed E-state index contributed by atoms with van der Waals surface area (Å²) >= 11 is 1.65. The van der Waals surface area contributed by atoms with Crippen molar-refractivity contribution in [1.29, 1.82) is 0 Å². The van der Waals surface area contributed by atoms with Crippen LogP contribution in [0.5, 0.6) is 0 Å². The van der Waals surface area contributed by atoms with Crippen LogP contribution in [0, 0.1) is 0 Å². The van der Waals surface area contributed by atoms with Crippen molar-refractivity contribution in [3.05, 3.63) is 40.7 Å². The number of aromatic nitrogens is 4. The number of nitrogens with one attached hydrogen (secondary N) is 2. The number of hydrogen-bond acceptors (Lipinski definition) is 8. The summed E-state index contributed by atoms with van der Waals surface area (Å²) in [5.74, 6) is 1.19. The summed E-state index contributed by atoms with van der Waals surface area (Å²) in [5.41, 5.74) is 3.32. The molecule has 0 bridgehead atoms. The summed E-state index contributed by atoms with van der Waals surface area (Å²) in [5, 5.41) is 10.6. The summed E-state index contributed by atoms with van der Waals surface area (Å²) in [7, 11) is 0. The highest BCUT2D eigenvalue weighted by molar-refractivity contribution is 7.16. The van der Waals surface area contributed by atoms with Gasteiger partial charge < -0.3 is 15.0 Å². The van der Waals surface area contributed by atoms with Gasteiger partial charge in [-0.15, -0.1) is 23.7 Å². The second-order valence-electron chi connectivity index (χ2n) is 9.69. The molecule has 9 nitrogen and oxygen atoms in total. The van der Waals surface area contributed by atoms with Gasteiger partial charge in [-0.1, -0.05) is 0 Å². The Kier molecular flexibility index (Phi) is 6.56. The van der Waals surface area contributed by atoms with Gasteiger partial charge in [0.25, 0.3) is 5.91 Å². The van der Waals surface area contributed by atoms with Gasteiger partial charge in [-0.2, -0.15) is 5.10 Å². The smallest absolute Gasteiger partial charge is 0.255 e. The Morgan fingerprint density at radius 2 is 2.06 bits per heavy atom. The molecule has 35 heavy (non-hydrogen) atoms. The minimum atomic E-state index is -0.342. The van der Waals surface area contributed by atoms with Crippen LogP contribution in [0.1, 0.15) is 53.5 Å². The first-order valence-electron chi connectivity index (χ1n) is 11.9. The fraction of sp³-hybridized carbons (Fsp3) is 0.500. The lowest BCUT2D eigenvalue weighted by atomic mass is 10.0. The number of carbonyl (C=O) groups excluding carboxylic acids is 1. The number of halogens is 1. The maximum absolute atomic E-state index is 13.3. The lowest BCUT2D eigenvalue weighted by molar-refractivity contribution is 0.0263. The van der Waals surface area contributed by atoms with Gasteiger partial charge in [-0.05, 0) is 38.8 Å². The minimum Gasteiger partial charge on any atom is -0.379 e. The second kappa shape index (κ2) is 9.50. The zero-order valence-electron chi connectivity index (χ0n) is 19.9. The first-order valence-corrected chi connectivity index (χ1v) is 12.7. The zero-order chi connectivity index (χ0) is 23.3. The fourth-order valence-corrected chi connectivity index (χ4v) is 6.09. The maximum Gasteiger partial charge on any atom is 0.255 e. The molecule has 1 aliphatic carbocycles. The molecule has 3 aromatic rings. The number of ether oxygens (including phenoxy) is 1. The molecule has 5 heterocycles. The highest BCUT2D eigenvalue weighted by Crippen LogP contribution is 2.46. The molecule has 3 aromatic heterocycles. The molecular weight excluding hydrogens is 486 g/mol. The van der Waals surface area contributed by atoms with Crippen molar-refractivity contribution in [1.82, 2.24) is 30.0 Å². The van der Waals surface area contributed by atoms with Crippen molar-refractivity contribution >= 4 is 41.3 Å². The summed E-state index contributed by atoms with van der Waals surface area (Å²) in [6, 6.07) is 3.90. The summed E-state index contributed by atoms with van der Waals surface area (Å²) < 4.78 is 5.44. The standard InChI is InChI=1S/C24H29N7O2S.ClH/c1-24(2)21-16(22(32)31(24)8-7-30-9-11-33-12-10-30)13-19(34-21)17-5-6-25-23(27-17)28-18-14-26-29-20(18)15-3-4-15;/h5-6,13-15H,3-4,7-12H2,1-2H3,(H,26,29)(H,25,27,28);1H. The average Bonchev–Trinajstić information content (AvgIpc) is 3.34. The average molecular weight is 516 g/mol. The van der Waals surface area contributed by atoms with E-state index in [1.54, 1.807) is 23.7 Å². The molecule has 0 radical (unpaired) electrons. The molecule has 6 rings (SSSR count). The molecule has 0 unspecified atom stereocenters. The molecule has 1 saturated heterocycles. The molecule has 2 aliphatic heterocycles. The Labute approximate surface area is 214 Å². The molecule has 1 amide bonds. The van der Waals surface area contributed by atoms with Crippen LogP contribution in [0.25, 0.3) is 10.6 Å². The van der Waals surface area contributed by atoms with E-state index in [4.69, 9.17) is 9.72 Å². The molecule has 186 valence electrons. The number of fused-ring (bicyclic) bond motifs is 1. The Hall–Kier alpha value is -2.53. The number of rotatable bonds is 7. The fourth-order valence-electron chi connectivity index (χ4n) is 4.86. The number of carbonyl (C=O) groups is 1. The SMILES string of the molecule is CC1(C)c2sc(-c3ccnc(Nc4cn[nH]c4C4CC4)n3)cc2C(=O)N1CCN1CCOCC1.Cl. The van der Waals surface area contributed by atoms with Crippen LogP contribution in [-0.2, 0) is 10.3 Å². The molecule has 11 heteroatoms. The summed E-state index contributed by atoms with van der Waals surface area (Å²) in [6.45, 7) is 9.27. The first kappa shape index (κ1) is 24.2. The molecule has 0 atom stereocenters. The molecule has 2 fully saturated rings. The van der Waals surface area contributed by atoms with Crippen LogP contribution < -0.4 is 5.32 Å². The van der Waals surface area contributed by atoms with Gasteiger partial charge in [-0.25, -0.2) is 9.97 Å². The number of nitrogens with zero attached hydrogens (tertiary/aromatic N) is 5. The van der Waals surface area contributed by atoms with Crippen molar-refractivity contribution in [2.24, 2.45) is 0 Å². The molecule has 1 saturated carbocycles. The van der Waals surface area contributed by atoms with Crippen LogP contribution in [-0.4, -0.2) is 75.3 Å². The third-order valence-corrected chi connectivity index (χ3v) is 8.46. The third-order valence-electron chi connectivity index (χ3n) is 6.99. The molecular formula is C24H30ClN7O2S.